The number of amides is 1. The summed E-state index contributed by atoms with van der Waals surface area (Å²) < 4.78 is 19.4. The summed E-state index contributed by atoms with van der Waals surface area (Å²) in [5.41, 5.74) is 0.364. The van der Waals surface area contributed by atoms with Gasteiger partial charge >= 0.3 is 0 Å². The summed E-state index contributed by atoms with van der Waals surface area (Å²) in [4.78, 5) is 27.5. The Labute approximate surface area is 151 Å². The van der Waals surface area contributed by atoms with Crippen LogP contribution in [0.5, 0.6) is 5.75 Å². The molecule has 7 nitrogen and oxygen atoms in total. The predicted octanol–water partition coefficient (Wildman–Crippen LogP) is 1.38. The standard InChI is InChI=1S/C18H23FN4O3/c1-21(2)15-11-17(24)23(20-12-15)13-18(25)22(3)9-4-10-26-16-7-5-14(19)6-8-16/h5-8,11-12H,4,9-10,13H2,1-3H3. The van der Waals surface area contributed by atoms with Crippen molar-refractivity contribution in [2.75, 3.05) is 39.2 Å². The third-order valence-electron chi connectivity index (χ3n) is 3.80. The van der Waals surface area contributed by atoms with Crippen molar-refractivity contribution in [1.29, 1.82) is 0 Å². The van der Waals surface area contributed by atoms with Crippen LogP contribution in [-0.2, 0) is 11.3 Å². The van der Waals surface area contributed by atoms with Crippen molar-refractivity contribution in [3.05, 3.63) is 52.7 Å². The normalized spacial score (nSPS) is 10.5. The summed E-state index contributed by atoms with van der Waals surface area (Å²) in [5, 5.41) is 4.02. The number of aromatic nitrogens is 2. The second-order valence-corrected chi connectivity index (χ2v) is 6.08. The molecule has 0 atom stereocenters. The summed E-state index contributed by atoms with van der Waals surface area (Å²) in [5.74, 6) is 0.0567. The number of anilines is 1. The lowest BCUT2D eigenvalue weighted by Gasteiger charge is -2.18. The van der Waals surface area contributed by atoms with Crippen molar-refractivity contribution in [1.82, 2.24) is 14.7 Å². The highest BCUT2D eigenvalue weighted by Crippen LogP contribution is 2.11. The number of carbonyl (C=O) groups is 1. The van der Waals surface area contributed by atoms with Crippen molar-refractivity contribution >= 4 is 11.6 Å². The number of halogens is 1. The quantitative estimate of drug-likeness (QED) is 0.664. The van der Waals surface area contributed by atoms with Crippen LogP contribution in [0.15, 0.2) is 41.3 Å². The molecule has 1 aromatic heterocycles. The van der Waals surface area contributed by atoms with Gasteiger partial charge in [-0.05, 0) is 30.7 Å². The predicted molar refractivity (Wildman–Crippen MR) is 97.0 cm³/mol. The Hall–Kier alpha value is -2.90. The van der Waals surface area contributed by atoms with E-state index in [-0.39, 0.29) is 23.8 Å². The maximum absolute atomic E-state index is 12.8. The van der Waals surface area contributed by atoms with Crippen molar-refractivity contribution in [3.8, 4) is 5.75 Å². The Balaban J connectivity index is 1.78. The van der Waals surface area contributed by atoms with Crippen LogP contribution in [0.4, 0.5) is 10.1 Å². The number of hydrogen-bond acceptors (Lipinski definition) is 5. The van der Waals surface area contributed by atoms with Crippen molar-refractivity contribution in [2.45, 2.75) is 13.0 Å². The van der Waals surface area contributed by atoms with E-state index in [1.807, 2.05) is 14.1 Å². The fraction of sp³-hybridized carbons (Fsp3) is 0.389. The van der Waals surface area contributed by atoms with E-state index in [9.17, 15) is 14.0 Å². The number of ether oxygens (including phenoxy) is 1. The minimum absolute atomic E-state index is 0.109. The minimum atomic E-state index is -0.322. The fourth-order valence-corrected chi connectivity index (χ4v) is 2.18. The largest absolute Gasteiger partial charge is 0.494 e. The summed E-state index contributed by atoms with van der Waals surface area (Å²) in [7, 11) is 5.29. The molecular weight excluding hydrogens is 339 g/mol. The van der Waals surface area contributed by atoms with E-state index in [0.717, 1.165) is 4.68 Å². The van der Waals surface area contributed by atoms with Gasteiger partial charge in [0.2, 0.25) is 5.91 Å². The zero-order valence-electron chi connectivity index (χ0n) is 15.2. The van der Waals surface area contributed by atoms with Crippen molar-refractivity contribution < 1.29 is 13.9 Å². The van der Waals surface area contributed by atoms with Gasteiger partial charge < -0.3 is 14.5 Å². The molecule has 0 N–H and O–H groups in total. The zero-order valence-corrected chi connectivity index (χ0v) is 15.2. The van der Waals surface area contributed by atoms with Gasteiger partial charge in [-0.1, -0.05) is 0 Å². The van der Waals surface area contributed by atoms with E-state index < -0.39 is 0 Å². The third kappa shape index (κ3) is 5.58. The van der Waals surface area contributed by atoms with E-state index in [1.54, 1.807) is 30.3 Å². The molecule has 0 unspecified atom stereocenters. The smallest absolute Gasteiger partial charge is 0.269 e. The first-order valence-corrected chi connectivity index (χ1v) is 8.23. The number of rotatable bonds is 8. The van der Waals surface area contributed by atoms with Gasteiger partial charge in [-0.25, -0.2) is 9.07 Å². The molecule has 140 valence electrons. The van der Waals surface area contributed by atoms with Gasteiger partial charge in [0.25, 0.3) is 5.56 Å². The molecule has 26 heavy (non-hydrogen) atoms. The summed E-state index contributed by atoms with van der Waals surface area (Å²) in [6.07, 6.45) is 2.16. The molecule has 0 fully saturated rings. The Kier molecular flexibility index (Phi) is 6.71. The molecule has 1 aromatic carbocycles. The van der Waals surface area contributed by atoms with Gasteiger partial charge in [-0.2, -0.15) is 5.10 Å². The maximum atomic E-state index is 12.8. The van der Waals surface area contributed by atoms with E-state index in [4.69, 9.17) is 4.74 Å². The molecule has 2 aromatic rings. The average molecular weight is 362 g/mol. The molecule has 1 heterocycles. The number of likely N-dealkylation sites (N-methyl/N-ethyl adjacent to an activating group) is 1. The molecule has 0 aliphatic rings. The Morgan fingerprint density at radius 2 is 1.92 bits per heavy atom. The van der Waals surface area contributed by atoms with Gasteiger partial charge in [-0.3, -0.25) is 9.59 Å². The highest BCUT2D eigenvalue weighted by Gasteiger charge is 2.11. The average Bonchev–Trinajstić information content (AvgIpc) is 2.61. The molecule has 0 bridgehead atoms. The first-order valence-electron chi connectivity index (χ1n) is 8.23. The molecule has 2 rings (SSSR count). The van der Waals surface area contributed by atoms with Crippen LogP contribution in [0.3, 0.4) is 0 Å². The van der Waals surface area contributed by atoms with Crippen LogP contribution in [0.25, 0.3) is 0 Å². The minimum Gasteiger partial charge on any atom is -0.494 e. The topological polar surface area (TPSA) is 67.7 Å². The van der Waals surface area contributed by atoms with Crippen molar-refractivity contribution in [2.24, 2.45) is 0 Å². The Morgan fingerprint density at radius 1 is 1.23 bits per heavy atom. The van der Waals surface area contributed by atoms with Gasteiger partial charge in [-0.15, -0.1) is 0 Å². The van der Waals surface area contributed by atoms with Crippen LogP contribution >= 0.6 is 0 Å². The lowest BCUT2D eigenvalue weighted by molar-refractivity contribution is -0.130. The van der Waals surface area contributed by atoms with Crippen LogP contribution in [-0.4, -0.2) is 54.9 Å². The lowest BCUT2D eigenvalue weighted by Crippen LogP contribution is -2.36. The van der Waals surface area contributed by atoms with E-state index in [2.05, 4.69) is 5.10 Å². The monoisotopic (exact) mass is 362 g/mol. The number of carbonyl (C=O) groups excluding carboxylic acids is 1. The second-order valence-electron chi connectivity index (χ2n) is 6.08. The van der Waals surface area contributed by atoms with Crippen LogP contribution in [0.2, 0.25) is 0 Å². The number of benzene rings is 1. The van der Waals surface area contributed by atoms with Crippen molar-refractivity contribution in [3.63, 3.8) is 0 Å². The number of nitrogens with zero attached hydrogens (tertiary/aromatic N) is 4. The SMILES string of the molecule is CN(CCCOc1ccc(F)cc1)C(=O)Cn1ncc(N(C)C)cc1=O. The molecule has 0 radical (unpaired) electrons. The van der Waals surface area contributed by atoms with Gasteiger partial charge in [0.05, 0.1) is 18.5 Å². The Bertz CT molecular complexity index is 790. The van der Waals surface area contributed by atoms with Crippen LogP contribution in [0, 0.1) is 5.82 Å². The van der Waals surface area contributed by atoms with Gasteiger partial charge in [0.15, 0.2) is 0 Å². The molecule has 8 heteroatoms. The molecular formula is C18H23FN4O3. The number of hydrogen-bond donors (Lipinski definition) is 0. The maximum Gasteiger partial charge on any atom is 0.269 e. The Morgan fingerprint density at radius 3 is 2.54 bits per heavy atom. The second kappa shape index (κ2) is 8.98. The van der Waals surface area contributed by atoms with Gasteiger partial charge in [0.1, 0.15) is 18.1 Å². The highest BCUT2D eigenvalue weighted by atomic mass is 19.1. The lowest BCUT2D eigenvalue weighted by atomic mass is 10.3. The molecule has 0 saturated heterocycles. The van der Waals surface area contributed by atoms with Crippen LogP contribution in [0.1, 0.15) is 6.42 Å². The van der Waals surface area contributed by atoms with Gasteiger partial charge in [0, 0.05) is 33.8 Å². The molecule has 0 saturated carbocycles. The fourth-order valence-electron chi connectivity index (χ4n) is 2.18. The summed E-state index contributed by atoms with van der Waals surface area (Å²) in [6, 6.07) is 7.21. The molecule has 0 aliphatic carbocycles. The first kappa shape index (κ1) is 19.4. The van der Waals surface area contributed by atoms with E-state index in [1.165, 1.54) is 23.1 Å². The molecule has 0 spiro atoms. The zero-order chi connectivity index (χ0) is 19.1. The first-order chi connectivity index (χ1) is 12.4. The summed E-state index contributed by atoms with van der Waals surface area (Å²) in [6.45, 7) is 0.769. The van der Waals surface area contributed by atoms with Crippen LogP contribution < -0.4 is 15.2 Å². The summed E-state index contributed by atoms with van der Waals surface area (Å²) >= 11 is 0. The van der Waals surface area contributed by atoms with E-state index >= 15 is 0 Å². The molecule has 0 aliphatic heterocycles. The third-order valence-corrected chi connectivity index (χ3v) is 3.80. The van der Waals surface area contributed by atoms with E-state index in [0.29, 0.717) is 31.0 Å². The highest BCUT2D eigenvalue weighted by molar-refractivity contribution is 5.75. The molecule has 1 amide bonds.